The Hall–Kier alpha value is -3.08. The predicted molar refractivity (Wildman–Crippen MR) is 96.9 cm³/mol. The Morgan fingerprint density at radius 2 is 1.88 bits per heavy atom. The summed E-state index contributed by atoms with van der Waals surface area (Å²) in [7, 11) is 0. The molecule has 5 heteroatoms. The summed E-state index contributed by atoms with van der Waals surface area (Å²) in [5.74, 6) is 0.0162. The van der Waals surface area contributed by atoms with E-state index < -0.39 is 0 Å². The van der Waals surface area contributed by atoms with E-state index in [4.69, 9.17) is 0 Å². The van der Waals surface area contributed by atoms with Gasteiger partial charge in [-0.05, 0) is 18.2 Å². The van der Waals surface area contributed by atoms with Gasteiger partial charge in [0.05, 0.1) is 17.1 Å². The van der Waals surface area contributed by atoms with E-state index in [1.807, 2.05) is 44.2 Å². The van der Waals surface area contributed by atoms with Crippen LogP contribution in [0.1, 0.15) is 25.1 Å². The lowest BCUT2D eigenvalue weighted by Gasteiger charge is -2.06. The van der Waals surface area contributed by atoms with Gasteiger partial charge in [0.2, 0.25) is 5.91 Å². The molecule has 0 saturated carbocycles. The van der Waals surface area contributed by atoms with Crippen LogP contribution in [-0.2, 0) is 4.79 Å². The van der Waals surface area contributed by atoms with Crippen molar-refractivity contribution in [2.24, 2.45) is 4.99 Å². The van der Waals surface area contributed by atoms with Gasteiger partial charge in [0.1, 0.15) is 12.3 Å². The fourth-order valence-electron chi connectivity index (χ4n) is 2.75. The molecule has 122 valence electrons. The molecule has 24 heavy (non-hydrogen) atoms. The molecular formula is C19H19N3O2. The van der Waals surface area contributed by atoms with Gasteiger partial charge >= 0.3 is 0 Å². The molecule has 0 atom stereocenters. The smallest absolute Gasteiger partial charge is 0.246 e. The fourth-order valence-corrected chi connectivity index (χ4v) is 2.75. The first-order valence-corrected chi connectivity index (χ1v) is 7.97. The fraction of sp³-hybridized carbons (Fsp3) is 0.158. The molecule has 5 nitrogen and oxygen atoms in total. The number of anilines is 1. The lowest BCUT2D eigenvalue weighted by molar-refractivity contribution is -0.114. The number of carbonyl (C=O) groups excluding carboxylic acids is 1. The van der Waals surface area contributed by atoms with Crippen molar-refractivity contribution in [1.29, 1.82) is 0 Å². The zero-order valence-electron chi connectivity index (χ0n) is 13.6. The van der Waals surface area contributed by atoms with Gasteiger partial charge in [-0.25, -0.2) is 0 Å². The van der Waals surface area contributed by atoms with Crippen molar-refractivity contribution >= 4 is 28.2 Å². The number of carbonyl (C=O) groups is 1. The van der Waals surface area contributed by atoms with Gasteiger partial charge in [0.25, 0.3) is 0 Å². The maximum Gasteiger partial charge on any atom is 0.246 e. The van der Waals surface area contributed by atoms with Crippen LogP contribution in [0.3, 0.4) is 0 Å². The summed E-state index contributed by atoms with van der Waals surface area (Å²) in [6, 6.07) is 14.6. The summed E-state index contributed by atoms with van der Waals surface area (Å²) in [4.78, 5) is 19.7. The average Bonchev–Trinajstić information content (AvgIpc) is 2.87. The Balaban J connectivity index is 0.000000815. The number of amides is 1. The molecule has 1 amide bonds. The van der Waals surface area contributed by atoms with Gasteiger partial charge in [0, 0.05) is 16.5 Å². The Labute approximate surface area is 140 Å². The van der Waals surface area contributed by atoms with Crippen molar-refractivity contribution in [3.63, 3.8) is 0 Å². The largest absolute Gasteiger partial charge is 0.508 e. The number of phenols is 1. The Morgan fingerprint density at radius 1 is 1.08 bits per heavy atom. The molecule has 0 spiro atoms. The summed E-state index contributed by atoms with van der Waals surface area (Å²) >= 11 is 0. The van der Waals surface area contributed by atoms with E-state index in [1.165, 1.54) is 0 Å². The second-order valence-corrected chi connectivity index (χ2v) is 5.18. The number of aliphatic imine (C=N–C) groups is 1. The van der Waals surface area contributed by atoms with Gasteiger partial charge in [0.15, 0.2) is 0 Å². The first-order valence-electron chi connectivity index (χ1n) is 7.97. The maximum absolute atomic E-state index is 11.9. The van der Waals surface area contributed by atoms with Crippen LogP contribution in [0.2, 0.25) is 0 Å². The van der Waals surface area contributed by atoms with Crippen molar-refractivity contribution in [2.45, 2.75) is 13.8 Å². The van der Waals surface area contributed by atoms with Gasteiger partial charge < -0.3 is 15.4 Å². The van der Waals surface area contributed by atoms with Crippen molar-refractivity contribution in [1.82, 2.24) is 4.98 Å². The third-order valence-electron chi connectivity index (χ3n) is 3.71. The molecular weight excluding hydrogens is 302 g/mol. The minimum atomic E-state index is -0.152. The van der Waals surface area contributed by atoms with Crippen LogP contribution in [0.25, 0.3) is 10.9 Å². The van der Waals surface area contributed by atoms with Gasteiger partial charge in [-0.2, -0.15) is 0 Å². The minimum Gasteiger partial charge on any atom is -0.508 e. The van der Waals surface area contributed by atoms with E-state index in [0.717, 1.165) is 27.8 Å². The van der Waals surface area contributed by atoms with Crippen LogP contribution >= 0.6 is 0 Å². The van der Waals surface area contributed by atoms with Gasteiger partial charge in [-0.1, -0.05) is 44.2 Å². The predicted octanol–water partition coefficient (Wildman–Crippen LogP) is 3.69. The number of aromatic nitrogens is 1. The number of fused-ring (bicyclic) bond motifs is 3. The Morgan fingerprint density at radius 3 is 2.67 bits per heavy atom. The number of para-hydroxylation sites is 1. The molecule has 0 aliphatic carbocycles. The first kappa shape index (κ1) is 15.8. The standard InChI is InChI=1S/C17H13N3O2.C2H6/c21-11-5-3-4-10(8-11)15-17-16(20-14(22)9-18-15)12-6-1-2-7-13(12)19-17;1-2/h1-8,19,21H,9H2,(H,20,22);1-2H3. The Kier molecular flexibility index (Phi) is 4.33. The number of benzene rings is 2. The number of hydrogen-bond donors (Lipinski definition) is 3. The van der Waals surface area contributed by atoms with Crippen LogP contribution < -0.4 is 5.32 Å². The van der Waals surface area contributed by atoms with Crippen molar-refractivity contribution in [3.8, 4) is 5.75 Å². The van der Waals surface area contributed by atoms with Crippen LogP contribution in [0.15, 0.2) is 53.5 Å². The zero-order valence-corrected chi connectivity index (χ0v) is 13.6. The minimum absolute atomic E-state index is 0.0574. The van der Waals surface area contributed by atoms with Crippen molar-refractivity contribution in [3.05, 3.63) is 59.8 Å². The quantitative estimate of drug-likeness (QED) is 0.639. The van der Waals surface area contributed by atoms with E-state index >= 15 is 0 Å². The number of hydrogen-bond acceptors (Lipinski definition) is 3. The van der Waals surface area contributed by atoms with Gasteiger partial charge in [-0.3, -0.25) is 9.79 Å². The molecule has 0 fully saturated rings. The summed E-state index contributed by atoms with van der Waals surface area (Å²) in [6.07, 6.45) is 0. The number of H-pyrrole nitrogens is 1. The van der Waals surface area contributed by atoms with E-state index in [9.17, 15) is 9.90 Å². The molecule has 0 bridgehead atoms. The molecule has 1 aromatic heterocycles. The zero-order chi connectivity index (χ0) is 17.1. The van der Waals surface area contributed by atoms with E-state index in [1.54, 1.807) is 18.2 Å². The molecule has 0 unspecified atom stereocenters. The molecule has 2 aromatic carbocycles. The number of nitrogens with one attached hydrogen (secondary N) is 2. The lowest BCUT2D eigenvalue weighted by atomic mass is 10.1. The van der Waals surface area contributed by atoms with Crippen LogP contribution in [0.5, 0.6) is 5.75 Å². The number of aromatic amines is 1. The number of aromatic hydroxyl groups is 1. The molecule has 4 rings (SSSR count). The van der Waals surface area contributed by atoms with E-state index in [0.29, 0.717) is 5.71 Å². The van der Waals surface area contributed by atoms with Crippen molar-refractivity contribution < 1.29 is 9.90 Å². The summed E-state index contributed by atoms with van der Waals surface area (Å²) in [5, 5.41) is 13.6. The second kappa shape index (κ2) is 6.58. The van der Waals surface area contributed by atoms with Crippen LogP contribution in [0, 0.1) is 0 Å². The maximum atomic E-state index is 11.9. The molecule has 3 aromatic rings. The first-order chi connectivity index (χ1) is 11.7. The highest BCUT2D eigenvalue weighted by Crippen LogP contribution is 2.31. The number of phenolic OH excluding ortho intramolecular Hbond substituents is 1. The topological polar surface area (TPSA) is 77.5 Å². The average molecular weight is 321 g/mol. The SMILES string of the molecule is CC.O=C1CN=C(c2cccc(O)c2)c2[nH]c3ccccc3c2N1. The molecule has 0 saturated heterocycles. The molecule has 2 heterocycles. The number of nitrogens with zero attached hydrogens (tertiary/aromatic N) is 1. The second-order valence-electron chi connectivity index (χ2n) is 5.18. The molecule has 1 aliphatic rings. The van der Waals surface area contributed by atoms with Gasteiger partial charge in [-0.15, -0.1) is 0 Å². The van der Waals surface area contributed by atoms with E-state index in [-0.39, 0.29) is 18.2 Å². The third-order valence-corrected chi connectivity index (χ3v) is 3.71. The van der Waals surface area contributed by atoms with E-state index in [2.05, 4.69) is 15.3 Å². The summed E-state index contributed by atoms with van der Waals surface area (Å²) in [5.41, 5.74) is 3.87. The highest BCUT2D eigenvalue weighted by Gasteiger charge is 2.22. The third kappa shape index (κ3) is 2.76. The summed E-state index contributed by atoms with van der Waals surface area (Å²) < 4.78 is 0. The normalized spacial score (nSPS) is 13.2. The monoisotopic (exact) mass is 321 g/mol. The van der Waals surface area contributed by atoms with Crippen LogP contribution in [0.4, 0.5) is 5.69 Å². The highest BCUT2D eigenvalue weighted by molar-refractivity contribution is 6.22. The lowest BCUT2D eigenvalue weighted by Crippen LogP contribution is -2.13. The van der Waals surface area contributed by atoms with Crippen LogP contribution in [-0.4, -0.2) is 28.3 Å². The van der Waals surface area contributed by atoms with Crippen molar-refractivity contribution in [2.75, 3.05) is 11.9 Å². The number of rotatable bonds is 1. The molecule has 3 N–H and O–H groups in total. The Bertz CT molecular complexity index is 925. The highest BCUT2D eigenvalue weighted by atomic mass is 16.3. The summed E-state index contributed by atoms with van der Waals surface area (Å²) in [6.45, 7) is 4.06. The molecule has 0 radical (unpaired) electrons. The molecule has 1 aliphatic heterocycles.